The second kappa shape index (κ2) is 31.3. The summed E-state index contributed by atoms with van der Waals surface area (Å²) in [5, 5.41) is 29.7. The molecule has 630 valence electrons. The van der Waals surface area contributed by atoms with E-state index in [1.165, 1.54) is 60.0 Å². The number of amides is 6. The van der Waals surface area contributed by atoms with Gasteiger partial charge in [-0.3, -0.25) is 77.9 Å². The number of aromatic nitrogens is 12. The van der Waals surface area contributed by atoms with Crippen LogP contribution in [0.4, 0.5) is 72.6 Å². The van der Waals surface area contributed by atoms with Crippen LogP contribution in [0.2, 0.25) is 10.0 Å². The number of hydrogen-bond acceptors (Lipinski definition) is 24. The number of rotatable bonds is 20. The zero-order valence-corrected chi connectivity index (χ0v) is 67.7. The van der Waals surface area contributed by atoms with Gasteiger partial charge in [0.25, 0.3) is 22.9 Å². The molecule has 7 atom stereocenters. The minimum atomic E-state index is -4.53. The zero-order valence-electron chi connectivity index (χ0n) is 66.2. The van der Waals surface area contributed by atoms with E-state index in [0.717, 1.165) is 5.01 Å². The number of ether oxygens (including phenoxy) is 2. The molecular formula is C80H84Cl2F6N22O10. The first-order chi connectivity index (χ1) is 56.9. The second-order valence-corrected chi connectivity index (χ2v) is 33.6. The van der Waals surface area contributed by atoms with Gasteiger partial charge in [-0.2, -0.15) is 46.5 Å². The van der Waals surface area contributed by atoms with E-state index in [4.69, 9.17) is 37.7 Å². The standard InChI is InChI=1S/C80H84Cl2F6N22O10/c1-38(2)109-68-41(21-45(29-89-68)95-66-53(81)31-91-75(99-66)107-34-77(35-107)19-17-55(51(27-77)79(83,84)85)93-43-9-11-47-57(25-43)104(6)101-64(47)49-13-15-61(111)97-71(49)115)23-59(73(109)117)119-33-63(113)106(8)103-70(114)40(5)120-60-24-42-22-46(30-90-69(42)110(39(3)4)74(60)118)96-67-54(82)32-92-76(100-67)108-36-78(37-108)20-18-56(52(28-78)80(86,87)88)94-44-10-12-48-58(26-44)105(7)102-65(48)50-14-16-62(112)98-72(50)116/h9-12,21-26,29-32,38-40,49-52,55-56,93-94H,13-20,27-28,33-37H2,1-8H3,(H,103,114)(H,91,95,99)(H,92,96,100)(H,97,111,115)(H,98,112,116)/t40?,49?,50?,51-,52-,55+,56+/m0/s1. The predicted octanol–water partition coefficient (Wildman–Crippen LogP) is 11.1. The molecule has 2 aliphatic carbocycles. The topological polar surface area (TPSA) is 372 Å². The van der Waals surface area contributed by atoms with E-state index in [2.05, 4.69) is 72.4 Å². The fraction of sp³-hybridized carbons (Fsp3) is 0.450. The largest absolute Gasteiger partial charge is 0.478 e. The third kappa shape index (κ3) is 15.9. The summed E-state index contributed by atoms with van der Waals surface area (Å²) in [7, 11) is 4.64. The Morgan fingerprint density at radius 1 is 0.583 bits per heavy atom. The van der Waals surface area contributed by atoms with Gasteiger partial charge >= 0.3 is 12.4 Å². The fourth-order valence-electron chi connectivity index (χ4n) is 17.7. The highest BCUT2D eigenvalue weighted by atomic mass is 35.5. The summed E-state index contributed by atoms with van der Waals surface area (Å²) in [6.07, 6.45) is -2.72. The third-order valence-electron chi connectivity index (χ3n) is 23.7. The molecule has 2 saturated carbocycles. The number of piperidine rings is 2. The van der Waals surface area contributed by atoms with Crippen LogP contribution in [0.3, 0.4) is 0 Å². The van der Waals surface area contributed by atoms with E-state index >= 15 is 26.3 Å². The number of halogens is 8. The number of carbonyl (C=O) groups excluding carboxylic acids is 6. The van der Waals surface area contributed by atoms with Crippen molar-refractivity contribution in [2.24, 2.45) is 36.8 Å². The average molecular weight is 1700 g/mol. The van der Waals surface area contributed by atoms with E-state index in [-0.39, 0.29) is 133 Å². The van der Waals surface area contributed by atoms with Crippen molar-refractivity contribution in [3.8, 4) is 11.5 Å². The lowest BCUT2D eigenvalue weighted by molar-refractivity contribution is -0.197. The first kappa shape index (κ1) is 81.8. The average Bonchev–Trinajstić information content (AvgIpc) is 0.962. The number of pyridine rings is 4. The minimum Gasteiger partial charge on any atom is -0.478 e. The molecule has 0 radical (unpaired) electrons. The summed E-state index contributed by atoms with van der Waals surface area (Å²) in [5.74, 6) is -7.60. The van der Waals surface area contributed by atoms with E-state index in [0.29, 0.717) is 92.4 Å². The highest BCUT2D eigenvalue weighted by Gasteiger charge is 2.58. The monoisotopic (exact) mass is 1700 g/mol. The predicted molar refractivity (Wildman–Crippen MR) is 433 cm³/mol. The van der Waals surface area contributed by atoms with Gasteiger partial charge in [-0.1, -0.05) is 23.2 Å². The Morgan fingerprint density at radius 3 is 1.44 bits per heavy atom. The van der Waals surface area contributed by atoms with Gasteiger partial charge < -0.3 is 40.5 Å². The highest BCUT2D eigenvalue weighted by molar-refractivity contribution is 6.33. The SMILES string of the molecule is CC(Oc1cc2cc(Nc3nc(N4CC5(CC[C@@H](Nc6ccc7c(C8CCC(=O)NC8=O)nn(C)c7c6)[C@@H](C(F)(F)F)C5)C4)ncc3Cl)cnc2n(C(C)C)c1=O)C(=O)NN(C)C(=O)COc1cc2cc(Nc3nc(N4CC5(CC[C@@H](Nc6ccc7c(C8CCC(=O)NC8=O)nn(C)c7c6)[C@@H](C(F)(F)F)C5)C4)ncc3Cl)cnc2n(C(C)C)c1=O. The molecule has 120 heavy (non-hydrogen) atoms. The number of benzene rings is 2. The van der Waals surface area contributed by atoms with Crippen LogP contribution in [0.5, 0.6) is 11.5 Å². The molecular weight excluding hydrogens is 1610 g/mol. The molecule has 40 heteroatoms. The molecule has 7 N–H and O–H groups in total. The fourth-order valence-corrected chi connectivity index (χ4v) is 18.0. The van der Waals surface area contributed by atoms with Crippen LogP contribution in [0.15, 0.2) is 95.0 Å². The molecule has 32 nitrogen and oxygen atoms in total. The molecule has 2 spiro atoms. The number of imide groups is 2. The van der Waals surface area contributed by atoms with Gasteiger partial charge in [0.15, 0.2) is 35.8 Å². The van der Waals surface area contributed by atoms with Crippen LogP contribution in [-0.4, -0.2) is 169 Å². The molecule has 4 saturated heterocycles. The molecule has 2 aromatic carbocycles. The number of nitrogens with one attached hydrogen (secondary N) is 7. The number of aryl methyl sites for hydroxylation is 2. The molecule has 10 aromatic rings. The first-order valence-electron chi connectivity index (χ1n) is 39.3. The van der Waals surface area contributed by atoms with Crippen LogP contribution in [0.1, 0.15) is 134 Å². The number of likely N-dealkylation sites (N-methyl/N-ethyl adjacent to an activating group) is 1. The van der Waals surface area contributed by atoms with Gasteiger partial charge in [-0.05, 0) is 147 Å². The molecule has 0 bridgehead atoms. The van der Waals surface area contributed by atoms with Gasteiger partial charge in [0.2, 0.25) is 35.5 Å². The number of alkyl halides is 6. The maximum Gasteiger partial charge on any atom is 0.393 e. The van der Waals surface area contributed by atoms with Crippen molar-refractivity contribution in [1.82, 2.24) is 79.7 Å². The Morgan fingerprint density at radius 2 is 1.02 bits per heavy atom. The number of hydrogen-bond donors (Lipinski definition) is 7. The van der Waals surface area contributed by atoms with E-state index < -0.39 is 118 Å². The Hall–Kier alpha value is -12.0. The first-order valence-corrected chi connectivity index (χ1v) is 40.0. The van der Waals surface area contributed by atoms with Crippen LogP contribution in [0.25, 0.3) is 43.9 Å². The van der Waals surface area contributed by atoms with Gasteiger partial charge in [0.05, 0.1) is 82.3 Å². The van der Waals surface area contributed by atoms with Crippen molar-refractivity contribution in [3.63, 3.8) is 0 Å². The van der Waals surface area contributed by atoms with Crippen molar-refractivity contribution in [2.75, 3.05) is 70.9 Å². The van der Waals surface area contributed by atoms with E-state index in [1.807, 2.05) is 0 Å². The van der Waals surface area contributed by atoms with Gasteiger partial charge in [-0.15, -0.1) is 0 Å². The van der Waals surface area contributed by atoms with Crippen molar-refractivity contribution in [1.29, 1.82) is 0 Å². The van der Waals surface area contributed by atoms with E-state index in [1.54, 1.807) is 109 Å². The Kier molecular flexibility index (Phi) is 21.3. The molecule has 6 fully saturated rings. The van der Waals surface area contributed by atoms with Crippen LogP contribution < -0.4 is 67.7 Å². The van der Waals surface area contributed by atoms with E-state index in [9.17, 15) is 38.4 Å². The summed E-state index contributed by atoms with van der Waals surface area (Å²) >= 11 is 13.4. The Bertz CT molecular complexity index is 5970. The van der Waals surface area contributed by atoms with Crippen molar-refractivity contribution >= 4 is 149 Å². The number of hydrazine groups is 1. The van der Waals surface area contributed by atoms with Crippen LogP contribution >= 0.6 is 23.2 Å². The summed E-state index contributed by atoms with van der Waals surface area (Å²) in [5.41, 5.74) is 4.26. The quantitative estimate of drug-likeness (QED) is 0.0212. The summed E-state index contributed by atoms with van der Waals surface area (Å²) in [4.78, 5) is 136. The summed E-state index contributed by atoms with van der Waals surface area (Å²) in [6.45, 7) is 8.66. The lowest BCUT2D eigenvalue weighted by Crippen LogP contribution is -2.62. The summed E-state index contributed by atoms with van der Waals surface area (Å²) in [6, 6.07) is 13.6. The number of anilines is 8. The molecule has 12 heterocycles. The minimum absolute atomic E-state index is 0.113. The Labute approximate surface area is 689 Å². The lowest BCUT2D eigenvalue weighted by atomic mass is 9.63. The van der Waals surface area contributed by atoms with Crippen LogP contribution in [-0.2, 0) is 42.9 Å². The van der Waals surface area contributed by atoms with Crippen molar-refractivity contribution in [3.05, 3.63) is 128 Å². The van der Waals surface area contributed by atoms with Crippen molar-refractivity contribution < 1.29 is 64.6 Å². The normalized spacial score (nSPS) is 20.8. The van der Waals surface area contributed by atoms with Crippen molar-refractivity contribution in [2.45, 2.75) is 153 Å². The molecule has 6 amide bonds. The third-order valence-corrected chi connectivity index (χ3v) is 24.3. The maximum absolute atomic E-state index is 15.1. The molecule has 4 aliphatic heterocycles. The van der Waals surface area contributed by atoms with Gasteiger partial charge in [-0.25, -0.2) is 19.9 Å². The maximum atomic E-state index is 15.1. The van der Waals surface area contributed by atoms with Gasteiger partial charge in [0, 0.05) is 128 Å². The molecule has 8 aromatic heterocycles. The van der Waals surface area contributed by atoms with Crippen LogP contribution in [0, 0.1) is 22.7 Å². The number of carbonyl (C=O) groups is 6. The summed E-state index contributed by atoms with van der Waals surface area (Å²) < 4.78 is 108. The number of nitrogens with zero attached hydrogens (tertiary/aromatic N) is 15. The van der Waals surface area contributed by atoms with Gasteiger partial charge in [0.1, 0.15) is 21.3 Å². The molecule has 6 aliphatic rings. The number of fused-ring (bicyclic) bond motifs is 4. The second-order valence-electron chi connectivity index (χ2n) is 32.8. The zero-order chi connectivity index (χ0) is 85.1. The molecule has 3 unspecified atom stereocenters. The lowest BCUT2D eigenvalue weighted by Gasteiger charge is -2.55. The smallest absolute Gasteiger partial charge is 0.393 e. The highest BCUT2D eigenvalue weighted by Crippen LogP contribution is 2.54. The Balaban J connectivity index is 0.529. The molecule has 16 rings (SSSR count).